The molecular weight excluding hydrogens is 545 g/mol. The fourth-order valence-electron chi connectivity index (χ4n) is 6.46. The van der Waals surface area contributed by atoms with Gasteiger partial charge >= 0.3 is 6.03 Å². The second-order valence-corrected chi connectivity index (χ2v) is 11.8. The van der Waals surface area contributed by atoms with Crippen molar-refractivity contribution in [2.75, 3.05) is 36.5 Å². The van der Waals surface area contributed by atoms with Gasteiger partial charge in [0, 0.05) is 37.0 Å². The molecule has 3 heterocycles. The molecule has 8 nitrogen and oxygen atoms in total. The van der Waals surface area contributed by atoms with Gasteiger partial charge < -0.3 is 10.2 Å². The molecule has 1 saturated carbocycles. The molecule has 9 heteroatoms. The number of hydrogen-bond donors (Lipinski definition) is 1. The SMILES string of the molecule is Cc1cccc(N(C)C(=O)N[C@@H]2N=C(c3ccccc3F)c3ccccc3N(CC(=O)N3CC4CCC(CC4)C3)C2=O)c1. The Bertz CT molecular complexity index is 1570. The molecule has 4 amide bonds. The highest BCUT2D eigenvalue weighted by molar-refractivity contribution is 6.21. The van der Waals surface area contributed by atoms with Gasteiger partial charge in [-0.1, -0.05) is 42.5 Å². The van der Waals surface area contributed by atoms with E-state index < -0.39 is 23.9 Å². The van der Waals surface area contributed by atoms with Crippen molar-refractivity contribution in [3.05, 3.63) is 95.3 Å². The summed E-state index contributed by atoms with van der Waals surface area (Å²) in [6.07, 6.45) is 3.12. The Labute approximate surface area is 251 Å². The molecule has 3 aromatic rings. The van der Waals surface area contributed by atoms with E-state index in [4.69, 9.17) is 0 Å². The Morgan fingerprint density at radius 3 is 2.26 bits per heavy atom. The van der Waals surface area contributed by atoms with E-state index in [-0.39, 0.29) is 23.7 Å². The summed E-state index contributed by atoms with van der Waals surface area (Å²) >= 11 is 0. The molecule has 0 unspecified atom stereocenters. The number of rotatable bonds is 5. The van der Waals surface area contributed by atoms with Crippen LogP contribution in [0.5, 0.6) is 0 Å². The summed E-state index contributed by atoms with van der Waals surface area (Å²) < 4.78 is 15.2. The van der Waals surface area contributed by atoms with Gasteiger partial charge in [0.1, 0.15) is 12.4 Å². The van der Waals surface area contributed by atoms with Gasteiger partial charge in [0.05, 0.1) is 11.4 Å². The molecule has 1 aliphatic carbocycles. The maximum Gasteiger partial charge on any atom is 0.323 e. The zero-order valence-corrected chi connectivity index (χ0v) is 24.5. The van der Waals surface area contributed by atoms with Gasteiger partial charge in [0.2, 0.25) is 12.1 Å². The fraction of sp³-hybridized carbons (Fsp3) is 0.353. The van der Waals surface area contributed by atoms with Crippen molar-refractivity contribution in [1.29, 1.82) is 0 Å². The van der Waals surface area contributed by atoms with E-state index in [0.29, 0.717) is 41.9 Å². The van der Waals surface area contributed by atoms with E-state index in [2.05, 4.69) is 10.3 Å². The molecule has 0 spiro atoms. The van der Waals surface area contributed by atoms with Crippen LogP contribution >= 0.6 is 0 Å². The predicted octanol–water partition coefficient (Wildman–Crippen LogP) is 5.14. The normalized spacial score (nSPS) is 21.4. The van der Waals surface area contributed by atoms with Gasteiger partial charge in [-0.2, -0.15) is 0 Å². The van der Waals surface area contributed by atoms with Crippen LogP contribution in [-0.2, 0) is 9.59 Å². The maximum atomic E-state index is 15.2. The molecule has 0 radical (unpaired) electrons. The minimum Gasteiger partial charge on any atom is -0.341 e. The highest BCUT2D eigenvalue weighted by atomic mass is 19.1. The quantitative estimate of drug-likeness (QED) is 0.453. The van der Waals surface area contributed by atoms with Gasteiger partial charge in [0.25, 0.3) is 5.91 Å². The van der Waals surface area contributed by atoms with Crippen molar-refractivity contribution in [3.63, 3.8) is 0 Å². The predicted molar refractivity (Wildman–Crippen MR) is 165 cm³/mol. The molecule has 3 aliphatic heterocycles. The number of urea groups is 1. The number of carbonyl (C=O) groups excluding carboxylic acids is 3. The first-order valence-electron chi connectivity index (χ1n) is 14.9. The average Bonchev–Trinajstić information content (AvgIpc) is 3.40. The Hall–Kier alpha value is -4.53. The smallest absolute Gasteiger partial charge is 0.323 e. The van der Waals surface area contributed by atoms with E-state index in [9.17, 15) is 14.4 Å². The van der Waals surface area contributed by atoms with Gasteiger partial charge in [-0.15, -0.1) is 0 Å². The van der Waals surface area contributed by atoms with Crippen LogP contribution in [-0.4, -0.2) is 61.3 Å². The van der Waals surface area contributed by atoms with Crippen molar-refractivity contribution in [3.8, 4) is 0 Å². The number of aryl methyl sites for hydroxylation is 1. The summed E-state index contributed by atoms with van der Waals surface area (Å²) in [6.45, 7) is 3.11. The first-order valence-corrected chi connectivity index (χ1v) is 14.9. The summed E-state index contributed by atoms with van der Waals surface area (Å²) in [5.74, 6) is -0.241. The number of nitrogens with one attached hydrogen (secondary N) is 1. The van der Waals surface area contributed by atoms with E-state index in [0.717, 1.165) is 31.2 Å². The summed E-state index contributed by atoms with van der Waals surface area (Å²) in [6, 6.07) is 20.2. The first kappa shape index (κ1) is 28.6. The molecule has 43 heavy (non-hydrogen) atoms. The second kappa shape index (κ2) is 12.0. The molecule has 0 aromatic heterocycles. The third kappa shape index (κ3) is 5.89. The van der Waals surface area contributed by atoms with Crippen LogP contribution in [0, 0.1) is 24.6 Å². The summed E-state index contributed by atoms with van der Waals surface area (Å²) in [4.78, 5) is 50.9. The third-order valence-electron chi connectivity index (χ3n) is 8.86. The number of amides is 4. The lowest BCUT2D eigenvalue weighted by atomic mass is 9.84. The van der Waals surface area contributed by atoms with Crippen LogP contribution in [0.4, 0.5) is 20.6 Å². The lowest BCUT2D eigenvalue weighted by Crippen LogP contribution is -2.53. The highest BCUT2D eigenvalue weighted by Crippen LogP contribution is 2.34. The standard InChI is InChI=1S/C34H36FN5O3/c1-22-8-7-9-25(18-22)38(2)34(43)37-32-33(42)40(21-30(41)39-19-23-14-15-24(20-39)17-16-23)29-13-6-4-11-27(29)31(36-32)26-10-3-5-12-28(26)35/h3-13,18,23-24,32H,14-17,19-21H2,1-2H3,(H,37,43)/t23?,24?,32-/m0/s1. The van der Waals surface area contributed by atoms with Crippen LogP contribution in [0.25, 0.3) is 0 Å². The van der Waals surface area contributed by atoms with Crippen molar-refractivity contribution >= 4 is 34.9 Å². The van der Waals surface area contributed by atoms with Crippen LogP contribution in [0.3, 0.4) is 0 Å². The zero-order chi connectivity index (χ0) is 30.1. The molecule has 4 aliphatic rings. The van der Waals surface area contributed by atoms with E-state index in [1.54, 1.807) is 55.6 Å². The number of halogens is 1. The molecular formula is C34H36FN5O3. The monoisotopic (exact) mass is 581 g/mol. The van der Waals surface area contributed by atoms with Crippen LogP contribution in [0.2, 0.25) is 0 Å². The second-order valence-electron chi connectivity index (χ2n) is 11.8. The molecule has 2 saturated heterocycles. The molecule has 1 atom stereocenters. The number of para-hydroxylation sites is 1. The maximum absolute atomic E-state index is 15.2. The summed E-state index contributed by atoms with van der Waals surface area (Å²) in [7, 11) is 1.61. The van der Waals surface area contributed by atoms with Crippen molar-refractivity contribution in [2.24, 2.45) is 16.8 Å². The van der Waals surface area contributed by atoms with E-state index in [1.165, 1.54) is 15.9 Å². The molecule has 222 valence electrons. The fourth-order valence-corrected chi connectivity index (χ4v) is 6.46. The molecule has 2 bridgehead atoms. The lowest BCUT2D eigenvalue weighted by molar-refractivity contribution is -0.132. The largest absolute Gasteiger partial charge is 0.341 e. The van der Waals surface area contributed by atoms with Gasteiger partial charge in [-0.25, -0.2) is 14.2 Å². The average molecular weight is 582 g/mol. The van der Waals surface area contributed by atoms with Crippen molar-refractivity contribution < 1.29 is 18.8 Å². The number of aliphatic imine (C=N–C) groups is 1. The number of anilines is 2. The van der Waals surface area contributed by atoms with Crippen molar-refractivity contribution in [1.82, 2.24) is 10.2 Å². The Kier molecular flexibility index (Phi) is 7.97. The Morgan fingerprint density at radius 2 is 1.58 bits per heavy atom. The molecule has 7 rings (SSSR count). The number of fused-ring (bicyclic) bond motifs is 5. The van der Waals surface area contributed by atoms with Gasteiger partial charge in [0.15, 0.2) is 0 Å². The van der Waals surface area contributed by atoms with E-state index >= 15 is 4.39 Å². The Morgan fingerprint density at radius 1 is 0.930 bits per heavy atom. The third-order valence-corrected chi connectivity index (χ3v) is 8.86. The minimum atomic E-state index is -1.39. The van der Waals surface area contributed by atoms with Crippen LogP contribution in [0.15, 0.2) is 77.8 Å². The van der Waals surface area contributed by atoms with Gasteiger partial charge in [-0.05, 0) is 80.3 Å². The van der Waals surface area contributed by atoms with Gasteiger partial charge in [-0.3, -0.25) is 19.4 Å². The number of benzodiazepines with no additional fused rings is 1. The van der Waals surface area contributed by atoms with Crippen LogP contribution < -0.4 is 15.1 Å². The molecule has 1 N–H and O–H groups in total. The number of carbonyl (C=O) groups is 3. The summed E-state index contributed by atoms with van der Waals surface area (Å²) in [5, 5.41) is 2.76. The topological polar surface area (TPSA) is 85.3 Å². The minimum absolute atomic E-state index is 0.141. The van der Waals surface area contributed by atoms with E-state index in [1.807, 2.05) is 30.0 Å². The highest BCUT2D eigenvalue weighted by Gasteiger charge is 2.37. The Balaban J connectivity index is 1.37. The first-order chi connectivity index (χ1) is 20.8. The number of hydrogen-bond acceptors (Lipinski definition) is 4. The van der Waals surface area contributed by atoms with Crippen LogP contribution in [0.1, 0.15) is 42.4 Å². The van der Waals surface area contributed by atoms with Crippen molar-refractivity contribution in [2.45, 2.75) is 38.8 Å². The summed E-state index contributed by atoms with van der Waals surface area (Å²) in [5.41, 5.74) is 3.00. The number of nitrogens with zero attached hydrogens (tertiary/aromatic N) is 4. The molecule has 3 aromatic carbocycles. The molecule has 3 fully saturated rings. The lowest BCUT2D eigenvalue weighted by Gasteiger charge is -2.29. The number of benzene rings is 3. The zero-order valence-electron chi connectivity index (χ0n) is 24.5.